The predicted molar refractivity (Wildman–Crippen MR) is 69.4 cm³/mol. The van der Waals surface area contributed by atoms with Crippen molar-refractivity contribution in [3.05, 3.63) is 0 Å². The third kappa shape index (κ3) is 5.90. The van der Waals surface area contributed by atoms with Crippen LogP contribution in [0, 0.1) is 5.92 Å². The van der Waals surface area contributed by atoms with Gasteiger partial charge in [-0.25, -0.2) is 4.79 Å². The second-order valence-electron chi connectivity index (χ2n) is 4.91. The number of thiocarbonyl (C=S) groups is 1. The van der Waals surface area contributed by atoms with Crippen LogP contribution in [0.3, 0.4) is 0 Å². The molecule has 4 nitrogen and oxygen atoms in total. The maximum atomic E-state index is 11.5. The number of nitrogens with one attached hydrogen (secondary N) is 1. The van der Waals surface area contributed by atoms with Crippen LogP contribution in [0.4, 0.5) is 4.79 Å². The molecule has 0 radical (unpaired) electrons. The van der Waals surface area contributed by atoms with Crippen LogP contribution < -0.4 is 11.1 Å². The van der Waals surface area contributed by atoms with Gasteiger partial charge in [0.25, 0.3) is 0 Å². The fourth-order valence-electron chi connectivity index (χ4n) is 1.16. The van der Waals surface area contributed by atoms with Crippen LogP contribution in [0.25, 0.3) is 0 Å². The van der Waals surface area contributed by atoms with Gasteiger partial charge in [-0.2, -0.15) is 0 Å². The van der Waals surface area contributed by atoms with Crippen molar-refractivity contribution in [3.8, 4) is 0 Å². The van der Waals surface area contributed by atoms with Crippen molar-refractivity contribution in [2.75, 3.05) is 0 Å². The lowest BCUT2D eigenvalue weighted by Gasteiger charge is -2.26. The number of amides is 1. The first kappa shape index (κ1) is 15.2. The molecule has 94 valence electrons. The smallest absolute Gasteiger partial charge is 0.408 e. The van der Waals surface area contributed by atoms with Gasteiger partial charge in [0.05, 0.1) is 11.0 Å². The number of ether oxygens (including phenoxy) is 1. The fourth-order valence-corrected chi connectivity index (χ4v) is 1.46. The highest BCUT2D eigenvalue weighted by Crippen LogP contribution is 2.11. The van der Waals surface area contributed by atoms with Crippen LogP contribution >= 0.6 is 12.2 Å². The van der Waals surface area contributed by atoms with E-state index in [4.69, 9.17) is 22.7 Å². The number of alkyl carbamates (subject to hydrolysis) is 1. The summed E-state index contributed by atoms with van der Waals surface area (Å²) in [5, 5.41) is 2.70. The summed E-state index contributed by atoms with van der Waals surface area (Å²) in [5.74, 6) is 0.199. The molecular formula is C11H22N2O2S. The zero-order chi connectivity index (χ0) is 12.9. The Morgan fingerprint density at radius 3 is 2.31 bits per heavy atom. The Bertz CT molecular complexity index is 261. The molecule has 0 aromatic rings. The molecule has 0 saturated carbocycles. The summed E-state index contributed by atoms with van der Waals surface area (Å²) in [7, 11) is 0. The Balaban J connectivity index is 4.42. The first-order chi connectivity index (χ1) is 7.17. The lowest BCUT2D eigenvalue weighted by molar-refractivity contribution is 0.0507. The number of rotatable bonds is 4. The monoisotopic (exact) mass is 246 g/mol. The van der Waals surface area contributed by atoms with Gasteiger partial charge in [-0.05, 0) is 26.7 Å². The average molecular weight is 246 g/mol. The van der Waals surface area contributed by atoms with Crippen LogP contribution in [0.15, 0.2) is 0 Å². The molecule has 0 heterocycles. The first-order valence-corrected chi connectivity index (χ1v) is 5.87. The quantitative estimate of drug-likeness (QED) is 0.746. The molecule has 0 fully saturated rings. The summed E-state index contributed by atoms with van der Waals surface area (Å²) in [6.45, 7) is 9.44. The van der Waals surface area contributed by atoms with Gasteiger partial charge < -0.3 is 15.8 Å². The predicted octanol–water partition coefficient (Wildman–Crippen LogP) is 2.21. The van der Waals surface area contributed by atoms with Gasteiger partial charge in [0.1, 0.15) is 5.60 Å². The SMILES string of the molecule is CC[C@H](C)[C@H](NC(=O)OC(C)(C)C)C(N)=S. The van der Waals surface area contributed by atoms with Crippen molar-refractivity contribution in [2.24, 2.45) is 11.7 Å². The summed E-state index contributed by atoms with van der Waals surface area (Å²) in [6.07, 6.45) is 0.406. The Morgan fingerprint density at radius 1 is 1.50 bits per heavy atom. The minimum Gasteiger partial charge on any atom is -0.444 e. The minimum absolute atomic E-state index is 0.199. The molecule has 0 aliphatic heterocycles. The maximum Gasteiger partial charge on any atom is 0.408 e. The van der Waals surface area contributed by atoms with Crippen molar-refractivity contribution in [3.63, 3.8) is 0 Å². The Kier molecular flexibility index (Phi) is 5.72. The molecule has 0 unspecified atom stereocenters. The largest absolute Gasteiger partial charge is 0.444 e. The fraction of sp³-hybridized carbons (Fsp3) is 0.818. The third-order valence-electron chi connectivity index (χ3n) is 2.19. The zero-order valence-electron chi connectivity index (χ0n) is 10.7. The molecule has 5 heteroatoms. The summed E-state index contributed by atoms with van der Waals surface area (Å²) < 4.78 is 5.15. The molecule has 0 bridgehead atoms. The second-order valence-corrected chi connectivity index (χ2v) is 5.38. The first-order valence-electron chi connectivity index (χ1n) is 5.46. The molecule has 0 rings (SSSR count). The number of nitrogens with two attached hydrogens (primary N) is 1. The molecule has 0 aliphatic carbocycles. The second kappa shape index (κ2) is 6.03. The minimum atomic E-state index is -0.514. The van der Waals surface area contributed by atoms with Crippen LogP contribution in [-0.4, -0.2) is 22.7 Å². The Hall–Kier alpha value is -0.840. The summed E-state index contributed by atoms with van der Waals surface area (Å²) >= 11 is 4.93. The molecule has 0 saturated heterocycles. The highest BCUT2D eigenvalue weighted by molar-refractivity contribution is 7.80. The van der Waals surface area contributed by atoms with Gasteiger partial charge in [-0.15, -0.1) is 0 Å². The molecule has 0 aromatic carbocycles. The lowest BCUT2D eigenvalue weighted by atomic mass is 9.99. The van der Waals surface area contributed by atoms with Crippen molar-refractivity contribution in [1.29, 1.82) is 0 Å². The maximum absolute atomic E-state index is 11.5. The van der Waals surface area contributed by atoms with Gasteiger partial charge in [0, 0.05) is 0 Å². The summed E-state index contributed by atoms with van der Waals surface area (Å²) in [6, 6.07) is -0.310. The van der Waals surface area contributed by atoms with E-state index in [0.29, 0.717) is 4.99 Å². The van der Waals surface area contributed by atoms with E-state index in [1.54, 1.807) is 0 Å². The highest BCUT2D eigenvalue weighted by Gasteiger charge is 2.24. The van der Waals surface area contributed by atoms with Crippen molar-refractivity contribution in [2.45, 2.75) is 52.7 Å². The molecule has 16 heavy (non-hydrogen) atoms. The normalized spacial score (nSPS) is 15.1. The number of hydrogen-bond acceptors (Lipinski definition) is 3. The van der Waals surface area contributed by atoms with Gasteiger partial charge in [0.15, 0.2) is 0 Å². The van der Waals surface area contributed by atoms with Crippen molar-refractivity contribution in [1.82, 2.24) is 5.32 Å². The van der Waals surface area contributed by atoms with E-state index >= 15 is 0 Å². The zero-order valence-corrected chi connectivity index (χ0v) is 11.5. The van der Waals surface area contributed by atoms with E-state index < -0.39 is 11.7 Å². The van der Waals surface area contributed by atoms with E-state index in [2.05, 4.69) is 5.32 Å². The molecule has 1 amide bonds. The standard InChI is InChI=1S/C11H22N2O2S/c1-6-7(2)8(9(12)16)13-10(14)15-11(3,4)5/h7-8H,6H2,1-5H3,(H2,12,16)(H,13,14)/t7-,8-/m0/s1. The van der Waals surface area contributed by atoms with E-state index in [9.17, 15) is 4.79 Å². The lowest BCUT2D eigenvalue weighted by Crippen LogP contribution is -2.48. The van der Waals surface area contributed by atoms with Crippen LogP contribution in [-0.2, 0) is 4.74 Å². The van der Waals surface area contributed by atoms with Gasteiger partial charge >= 0.3 is 6.09 Å². The van der Waals surface area contributed by atoms with E-state index in [-0.39, 0.29) is 12.0 Å². The highest BCUT2D eigenvalue weighted by atomic mass is 32.1. The van der Waals surface area contributed by atoms with Gasteiger partial charge in [-0.3, -0.25) is 0 Å². The van der Waals surface area contributed by atoms with Crippen LogP contribution in [0.2, 0.25) is 0 Å². The van der Waals surface area contributed by atoms with Gasteiger partial charge in [0.2, 0.25) is 0 Å². The third-order valence-corrected chi connectivity index (χ3v) is 2.45. The molecule has 0 aromatic heterocycles. The van der Waals surface area contributed by atoms with Crippen molar-refractivity contribution >= 4 is 23.3 Å². The Labute approximate surface area is 103 Å². The number of hydrogen-bond donors (Lipinski definition) is 2. The average Bonchev–Trinajstić information content (AvgIpc) is 2.09. The van der Waals surface area contributed by atoms with Crippen molar-refractivity contribution < 1.29 is 9.53 Å². The van der Waals surface area contributed by atoms with Crippen LogP contribution in [0.5, 0.6) is 0 Å². The summed E-state index contributed by atoms with van der Waals surface area (Å²) in [4.78, 5) is 11.8. The van der Waals surface area contributed by atoms with E-state index in [1.807, 2.05) is 34.6 Å². The molecule has 0 spiro atoms. The molecule has 3 N–H and O–H groups in total. The number of carbonyl (C=O) groups is 1. The summed E-state index contributed by atoms with van der Waals surface area (Å²) in [5.41, 5.74) is 5.07. The molecule has 0 aliphatic rings. The van der Waals surface area contributed by atoms with E-state index in [1.165, 1.54) is 0 Å². The van der Waals surface area contributed by atoms with E-state index in [0.717, 1.165) is 6.42 Å². The Morgan fingerprint density at radius 2 is 2.00 bits per heavy atom. The number of carbonyl (C=O) groups excluding carboxylic acids is 1. The molecule has 2 atom stereocenters. The van der Waals surface area contributed by atoms with Gasteiger partial charge in [-0.1, -0.05) is 32.5 Å². The topological polar surface area (TPSA) is 64.3 Å². The van der Waals surface area contributed by atoms with Crippen LogP contribution in [0.1, 0.15) is 41.0 Å². The molecular weight excluding hydrogens is 224 g/mol.